The fourth-order valence-corrected chi connectivity index (χ4v) is 4.24. The van der Waals surface area contributed by atoms with E-state index < -0.39 is 24.0 Å². The second kappa shape index (κ2) is 13.0. The number of aliphatic hydroxyl groups excluding tert-OH is 1. The molecule has 11 heteroatoms. The lowest BCUT2D eigenvalue weighted by atomic mass is 10.1. The maximum absolute atomic E-state index is 12.9. The molecule has 39 heavy (non-hydrogen) atoms. The Morgan fingerprint density at radius 3 is 2.62 bits per heavy atom. The summed E-state index contributed by atoms with van der Waals surface area (Å²) in [6.45, 7) is 5.00. The van der Waals surface area contributed by atoms with Crippen molar-refractivity contribution in [3.63, 3.8) is 0 Å². The van der Waals surface area contributed by atoms with Crippen LogP contribution >= 0.6 is 0 Å². The second-order valence-electron chi connectivity index (χ2n) is 9.51. The lowest BCUT2D eigenvalue weighted by Gasteiger charge is -2.24. The van der Waals surface area contributed by atoms with E-state index in [9.17, 15) is 19.5 Å². The third kappa shape index (κ3) is 7.65. The molecule has 1 aliphatic rings. The lowest BCUT2D eigenvalue weighted by Crippen LogP contribution is -2.53. The minimum Gasteiger partial charge on any atom is -0.491 e. The van der Waals surface area contributed by atoms with E-state index >= 15 is 0 Å². The standard InChI is InChI=1S/C28H34N6O5/c1-19-3-6-22-15-24(19)39-14-11-30-25(36)17-33(12-10-31-28(38)26(20(2)35)32-27(22)37)16-21-4-7-23(8-5-21)34-13-9-29-18-34/h3-9,13,15,18,20,26,35H,10-12,14,16-17H2,1-2H3,(H,30,36)(H,31,38)(H,32,37)/t20-,26+/m1/s1. The molecule has 1 aliphatic heterocycles. The van der Waals surface area contributed by atoms with E-state index in [0.29, 0.717) is 30.9 Å². The second-order valence-corrected chi connectivity index (χ2v) is 9.51. The zero-order valence-corrected chi connectivity index (χ0v) is 22.1. The number of aryl methyl sites for hydroxylation is 1. The van der Waals surface area contributed by atoms with E-state index in [4.69, 9.17) is 4.74 Å². The third-order valence-corrected chi connectivity index (χ3v) is 6.42. The van der Waals surface area contributed by atoms with Gasteiger partial charge in [-0.3, -0.25) is 19.3 Å². The number of fused-ring (bicyclic) bond motifs is 2. The van der Waals surface area contributed by atoms with Gasteiger partial charge in [0.15, 0.2) is 0 Å². The molecule has 0 unspecified atom stereocenters. The number of imidazole rings is 1. The van der Waals surface area contributed by atoms with E-state index in [2.05, 4.69) is 20.9 Å². The molecule has 2 bridgehead atoms. The summed E-state index contributed by atoms with van der Waals surface area (Å²) in [5.41, 5.74) is 3.09. The average molecular weight is 535 g/mol. The number of hydrogen-bond donors (Lipinski definition) is 4. The van der Waals surface area contributed by atoms with Crippen molar-refractivity contribution in [2.75, 3.05) is 32.8 Å². The summed E-state index contributed by atoms with van der Waals surface area (Å²) >= 11 is 0. The molecule has 0 saturated carbocycles. The molecule has 0 fully saturated rings. The summed E-state index contributed by atoms with van der Waals surface area (Å²) in [5.74, 6) is -0.687. The molecular weight excluding hydrogens is 500 g/mol. The van der Waals surface area contributed by atoms with Gasteiger partial charge in [-0.15, -0.1) is 0 Å². The minimum atomic E-state index is -1.15. The van der Waals surface area contributed by atoms with E-state index in [1.54, 1.807) is 30.7 Å². The Bertz CT molecular complexity index is 1280. The zero-order chi connectivity index (χ0) is 27.8. The number of nitrogens with one attached hydrogen (secondary N) is 3. The molecule has 4 rings (SSSR count). The minimum absolute atomic E-state index is 0.115. The van der Waals surface area contributed by atoms with E-state index in [1.165, 1.54) is 6.92 Å². The van der Waals surface area contributed by atoms with Crippen molar-refractivity contribution in [2.24, 2.45) is 0 Å². The maximum atomic E-state index is 12.9. The quantitative estimate of drug-likeness (QED) is 0.388. The number of hydrogen-bond acceptors (Lipinski definition) is 7. The predicted molar refractivity (Wildman–Crippen MR) is 144 cm³/mol. The van der Waals surface area contributed by atoms with Crippen molar-refractivity contribution in [2.45, 2.75) is 32.5 Å². The fraction of sp³-hybridized carbons (Fsp3) is 0.357. The van der Waals surface area contributed by atoms with Crippen molar-refractivity contribution in [3.8, 4) is 11.4 Å². The first-order chi connectivity index (χ1) is 18.8. The summed E-state index contributed by atoms with van der Waals surface area (Å²) < 4.78 is 7.72. The van der Waals surface area contributed by atoms with Crippen LogP contribution in [0.4, 0.5) is 0 Å². The number of aliphatic hydroxyl groups is 1. The highest BCUT2D eigenvalue weighted by Gasteiger charge is 2.26. The molecule has 0 spiro atoms. The van der Waals surface area contributed by atoms with Crippen LogP contribution in [0.2, 0.25) is 0 Å². The summed E-state index contributed by atoms with van der Waals surface area (Å²) in [7, 11) is 0. The molecule has 206 valence electrons. The highest BCUT2D eigenvalue weighted by Crippen LogP contribution is 2.20. The number of benzene rings is 2. The SMILES string of the molecule is Cc1ccc2cc1OCCNC(=O)CN(Cc1ccc(-n3ccnc3)cc1)CCNC(=O)[C@H]([C@@H](C)O)NC2=O. The van der Waals surface area contributed by atoms with Crippen molar-refractivity contribution >= 4 is 17.7 Å². The Hall–Kier alpha value is -4.22. The van der Waals surface area contributed by atoms with Crippen LogP contribution in [-0.2, 0) is 16.1 Å². The molecule has 1 aromatic heterocycles. The third-order valence-electron chi connectivity index (χ3n) is 6.42. The van der Waals surface area contributed by atoms with Crippen LogP contribution in [-0.4, -0.2) is 82.2 Å². The summed E-state index contributed by atoms with van der Waals surface area (Å²) in [6.07, 6.45) is 4.18. The van der Waals surface area contributed by atoms with Crippen LogP contribution < -0.4 is 20.7 Å². The van der Waals surface area contributed by atoms with Crippen LogP contribution in [0, 0.1) is 6.92 Å². The molecule has 2 atom stereocenters. The van der Waals surface area contributed by atoms with Gasteiger partial charge in [-0.2, -0.15) is 0 Å². The summed E-state index contributed by atoms with van der Waals surface area (Å²) in [6, 6.07) is 11.7. The number of rotatable bonds is 4. The molecule has 0 saturated heterocycles. The van der Waals surface area contributed by atoms with Gasteiger partial charge in [0.2, 0.25) is 11.8 Å². The normalized spacial score (nSPS) is 18.7. The van der Waals surface area contributed by atoms with Crippen LogP contribution in [0.5, 0.6) is 5.75 Å². The van der Waals surface area contributed by atoms with Crippen LogP contribution in [0.15, 0.2) is 61.2 Å². The molecule has 2 heterocycles. The molecule has 3 amide bonds. The number of amides is 3. The highest BCUT2D eigenvalue weighted by molar-refractivity contribution is 5.98. The predicted octanol–water partition coefficient (Wildman–Crippen LogP) is 0.787. The molecule has 4 N–H and O–H groups in total. The number of nitrogens with zero attached hydrogens (tertiary/aromatic N) is 3. The first-order valence-corrected chi connectivity index (χ1v) is 12.9. The molecule has 0 radical (unpaired) electrons. The van der Waals surface area contributed by atoms with Crippen LogP contribution in [0.1, 0.15) is 28.4 Å². The van der Waals surface area contributed by atoms with Gasteiger partial charge in [-0.1, -0.05) is 18.2 Å². The maximum Gasteiger partial charge on any atom is 0.252 e. The topological polar surface area (TPSA) is 138 Å². The van der Waals surface area contributed by atoms with Crippen molar-refractivity contribution in [1.29, 1.82) is 0 Å². The summed E-state index contributed by atoms with van der Waals surface area (Å²) in [5, 5.41) is 18.5. The van der Waals surface area contributed by atoms with Crippen molar-refractivity contribution in [3.05, 3.63) is 77.9 Å². The Morgan fingerprint density at radius 2 is 1.90 bits per heavy atom. The van der Waals surface area contributed by atoms with Crippen molar-refractivity contribution in [1.82, 2.24) is 30.4 Å². The molecule has 2 aromatic carbocycles. The van der Waals surface area contributed by atoms with Gasteiger partial charge < -0.3 is 30.4 Å². The van der Waals surface area contributed by atoms with Gasteiger partial charge in [0, 0.05) is 43.3 Å². The van der Waals surface area contributed by atoms with Crippen LogP contribution in [0.3, 0.4) is 0 Å². The van der Waals surface area contributed by atoms with Gasteiger partial charge in [0.1, 0.15) is 18.4 Å². The summed E-state index contributed by atoms with van der Waals surface area (Å²) in [4.78, 5) is 44.5. The Kier molecular flexibility index (Phi) is 9.29. The first-order valence-electron chi connectivity index (χ1n) is 12.9. The van der Waals surface area contributed by atoms with Gasteiger partial charge in [0.05, 0.1) is 25.5 Å². The molecule has 0 aliphatic carbocycles. The first kappa shape index (κ1) is 27.8. The number of ether oxygens (including phenoxy) is 1. The molecular formula is C28H34N6O5. The monoisotopic (exact) mass is 534 g/mol. The molecule has 3 aromatic rings. The Labute approximate surface area is 227 Å². The van der Waals surface area contributed by atoms with Gasteiger partial charge in [-0.25, -0.2) is 4.98 Å². The van der Waals surface area contributed by atoms with Crippen LogP contribution in [0.25, 0.3) is 5.69 Å². The zero-order valence-electron chi connectivity index (χ0n) is 22.1. The van der Waals surface area contributed by atoms with Gasteiger partial charge in [0.25, 0.3) is 5.91 Å². The fourth-order valence-electron chi connectivity index (χ4n) is 4.24. The number of carbonyl (C=O) groups excluding carboxylic acids is 3. The largest absolute Gasteiger partial charge is 0.491 e. The molecule has 11 nitrogen and oxygen atoms in total. The average Bonchev–Trinajstić information content (AvgIpc) is 3.45. The van der Waals surface area contributed by atoms with Crippen molar-refractivity contribution < 1.29 is 24.2 Å². The Morgan fingerprint density at radius 1 is 1.10 bits per heavy atom. The highest BCUT2D eigenvalue weighted by atomic mass is 16.5. The number of aromatic nitrogens is 2. The van der Waals surface area contributed by atoms with Gasteiger partial charge in [-0.05, 0) is 49.2 Å². The number of carbonyl (C=O) groups is 3. The van der Waals surface area contributed by atoms with E-state index in [0.717, 1.165) is 16.8 Å². The smallest absolute Gasteiger partial charge is 0.252 e. The van der Waals surface area contributed by atoms with E-state index in [-0.39, 0.29) is 25.6 Å². The lowest BCUT2D eigenvalue weighted by molar-refractivity contribution is -0.125. The van der Waals surface area contributed by atoms with Gasteiger partial charge >= 0.3 is 0 Å². The Balaban J connectivity index is 1.48. The van der Waals surface area contributed by atoms with E-state index in [1.807, 2.05) is 46.9 Å².